The van der Waals surface area contributed by atoms with Crippen LogP contribution in [0.1, 0.15) is 31.2 Å². The number of alkyl halides is 3. The van der Waals surface area contributed by atoms with Gasteiger partial charge in [-0.25, -0.2) is 29.7 Å². The topological polar surface area (TPSA) is 166 Å². The molecule has 0 aliphatic heterocycles. The van der Waals surface area contributed by atoms with Gasteiger partial charge in [-0.1, -0.05) is 11.6 Å². The van der Waals surface area contributed by atoms with E-state index in [0.29, 0.717) is 43.1 Å². The summed E-state index contributed by atoms with van der Waals surface area (Å²) in [7, 11) is 1.46. The Balaban J connectivity index is 1.13. The highest BCUT2D eigenvalue weighted by atomic mass is 35.5. The van der Waals surface area contributed by atoms with Crippen LogP contribution < -0.4 is 15.4 Å². The van der Waals surface area contributed by atoms with Gasteiger partial charge in [0.1, 0.15) is 23.1 Å². The third-order valence-corrected chi connectivity index (χ3v) is 6.47. The van der Waals surface area contributed by atoms with E-state index in [1.54, 1.807) is 12.4 Å². The van der Waals surface area contributed by atoms with Gasteiger partial charge in [-0.15, -0.1) is 0 Å². The molecule has 41 heavy (non-hydrogen) atoms. The molecule has 1 fully saturated rings. The largest absolute Gasteiger partial charge is 0.467 e. The number of hydrogen-bond acceptors (Lipinski definition) is 11. The summed E-state index contributed by atoms with van der Waals surface area (Å²) in [6, 6.07) is 0.0858. The SMILES string of the molecule is COc1ncc(-c2cnc(NC(=O)O[C@H]3CC[C@H](Nc4ncc(C(F)(F)F)c(-c5n[nH]cc5Cl)n4)CC3)cn2)cn1. The Labute approximate surface area is 235 Å². The van der Waals surface area contributed by atoms with Gasteiger partial charge in [-0.05, 0) is 25.7 Å². The van der Waals surface area contributed by atoms with Crippen molar-refractivity contribution >= 4 is 29.5 Å². The fourth-order valence-electron chi connectivity index (χ4n) is 4.17. The molecule has 0 spiro atoms. The van der Waals surface area contributed by atoms with Crippen LogP contribution in [-0.4, -0.2) is 65.5 Å². The van der Waals surface area contributed by atoms with Gasteiger partial charge in [0.15, 0.2) is 5.82 Å². The number of halogens is 4. The standard InChI is InChI=1S/C24H22ClF3N10O3/c1-40-22-32-6-12(7-33-22)17-10-30-18(11-29-17)36-23(39)41-14-4-2-13(3-5-14)35-21-31-8-15(24(26,27)28)19(37-21)20-16(25)9-34-38-20/h6-11,13-14H,2-5H2,1H3,(H,34,38)(H,30,36,39)(H,31,35,37)/t13-,14-. The number of hydrogen-bond donors (Lipinski definition) is 3. The zero-order chi connectivity index (χ0) is 29.0. The molecule has 0 saturated heterocycles. The number of H-pyrrole nitrogens is 1. The smallest absolute Gasteiger partial charge is 0.420 e. The first-order chi connectivity index (χ1) is 19.7. The lowest BCUT2D eigenvalue weighted by molar-refractivity contribution is -0.137. The van der Waals surface area contributed by atoms with Gasteiger partial charge in [0.05, 0.1) is 30.2 Å². The van der Waals surface area contributed by atoms with Gasteiger partial charge in [-0.2, -0.15) is 18.3 Å². The van der Waals surface area contributed by atoms with E-state index in [1.165, 1.54) is 25.7 Å². The second-order valence-electron chi connectivity index (χ2n) is 8.93. The van der Waals surface area contributed by atoms with E-state index < -0.39 is 23.5 Å². The van der Waals surface area contributed by atoms with Crippen LogP contribution >= 0.6 is 11.6 Å². The van der Waals surface area contributed by atoms with Crippen molar-refractivity contribution in [3.8, 4) is 28.7 Å². The summed E-state index contributed by atoms with van der Waals surface area (Å²) < 4.78 is 51.0. The molecule has 5 rings (SSSR count). The lowest BCUT2D eigenvalue weighted by Crippen LogP contribution is -2.32. The quantitative estimate of drug-likeness (QED) is 0.271. The van der Waals surface area contributed by atoms with Crippen molar-refractivity contribution in [2.45, 2.75) is 44.0 Å². The Morgan fingerprint density at radius 1 is 1.00 bits per heavy atom. The molecule has 1 aliphatic carbocycles. The van der Waals surface area contributed by atoms with Crippen LogP contribution in [0.25, 0.3) is 22.6 Å². The van der Waals surface area contributed by atoms with E-state index in [-0.39, 0.29) is 40.6 Å². The second-order valence-corrected chi connectivity index (χ2v) is 9.34. The number of amides is 1. The molecule has 0 aromatic carbocycles. The molecular formula is C24H22ClF3N10O3. The van der Waals surface area contributed by atoms with Crippen LogP contribution in [0.15, 0.2) is 37.2 Å². The number of anilines is 2. The Bertz CT molecular complexity index is 1490. The van der Waals surface area contributed by atoms with Crippen molar-refractivity contribution in [2.24, 2.45) is 0 Å². The normalized spacial score (nSPS) is 17.1. The number of methoxy groups -OCH3 is 1. The van der Waals surface area contributed by atoms with E-state index in [4.69, 9.17) is 21.1 Å². The van der Waals surface area contributed by atoms with Crippen molar-refractivity contribution in [1.82, 2.24) is 40.1 Å². The van der Waals surface area contributed by atoms with Crippen LogP contribution in [0.4, 0.5) is 29.7 Å². The molecule has 0 bridgehead atoms. The maximum Gasteiger partial charge on any atom is 0.420 e. The van der Waals surface area contributed by atoms with E-state index >= 15 is 0 Å². The van der Waals surface area contributed by atoms with Gasteiger partial charge >= 0.3 is 18.3 Å². The Morgan fingerprint density at radius 3 is 2.37 bits per heavy atom. The average Bonchev–Trinajstić information content (AvgIpc) is 3.39. The summed E-state index contributed by atoms with van der Waals surface area (Å²) in [5.74, 6) is 0.216. The minimum Gasteiger partial charge on any atom is -0.467 e. The van der Waals surface area contributed by atoms with E-state index in [9.17, 15) is 18.0 Å². The summed E-state index contributed by atoms with van der Waals surface area (Å²) in [6.45, 7) is 0. The van der Waals surface area contributed by atoms with Gasteiger partial charge in [0, 0.05) is 36.4 Å². The molecule has 3 N–H and O–H groups in total. The Kier molecular flexibility index (Phi) is 8.09. The van der Waals surface area contributed by atoms with Gasteiger partial charge in [0.25, 0.3) is 0 Å². The molecule has 0 radical (unpaired) electrons. The highest BCUT2D eigenvalue weighted by Crippen LogP contribution is 2.37. The molecule has 1 amide bonds. The predicted molar refractivity (Wildman–Crippen MR) is 139 cm³/mol. The minimum atomic E-state index is -4.69. The number of nitrogens with zero attached hydrogens (tertiary/aromatic N) is 7. The van der Waals surface area contributed by atoms with Gasteiger partial charge in [0.2, 0.25) is 5.95 Å². The first-order valence-electron chi connectivity index (χ1n) is 12.3. The lowest BCUT2D eigenvalue weighted by atomic mass is 9.93. The molecule has 4 heterocycles. The summed E-state index contributed by atoms with van der Waals surface area (Å²) >= 11 is 5.99. The molecule has 1 aliphatic rings. The molecule has 0 unspecified atom stereocenters. The molecule has 13 nitrogen and oxygen atoms in total. The van der Waals surface area contributed by atoms with Crippen molar-refractivity contribution in [2.75, 3.05) is 17.7 Å². The first-order valence-corrected chi connectivity index (χ1v) is 12.6. The third kappa shape index (κ3) is 6.77. The van der Waals surface area contributed by atoms with Gasteiger partial charge in [-0.3, -0.25) is 15.4 Å². The second kappa shape index (κ2) is 11.9. The monoisotopic (exact) mass is 590 g/mol. The maximum atomic E-state index is 13.5. The highest BCUT2D eigenvalue weighted by molar-refractivity contribution is 6.32. The summed E-state index contributed by atoms with van der Waals surface area (Å²) in [5, 5.41) is 11.8. The van der Waals surface area contributed by atoms with Crippen LogP contribution in [0.3, 0.4) is 0 Å². The van der Waals surface area contributed by atoms with Crippen LogP contribution in [0, 0.1) is 0 Å². The van der Waals surface area contributed by atoms with Crippen LogP contribution in [-0.2, 0) is 10.9 Å². The van der Waals surface area contributed by atoms with E-state index in [1.807, 2.05) is 0 Å². The summed E-state index contributed by atoms with van der Waals surface area (Å²) in [6.07, 6.45) is 4.36. The Hall–Kier alpha value is -4.60. The minimum absolute atomic E-state index is 0.00449. The zero-order valence-electron chi connectivity index (χ0n) is 21.3. The van der Waals surface area contributed by atoms with E-state index in [0.717, 1.165) is 0 Å². The number of aromatic nitrogens is 8. The van der Waals surface area contributed by atoms with E-state index in [2.05, 4.69) is 50.7 Å². The fourth-order valence-corrected chi connectivity index (χ4v) is 4.35. The number of carbonyl (C=O) groups excluding carboxylic acids is 1. The molecule has 0 atom stereocenters. The molecule has 1 saturated carbocycles. The zero-order valence-corrected chi connectivity index (χ0v) is 22.1. The summed E-state index contributed by atoms with van der Waals surface area (Å²) in [5.41, 5.74) is -0.464. The lowest BCUT2D eigenvalue weighted by Gasteiger charge is -2.29. The Morgan fingerprint density at radius 2 is 1.76 bits per heavy atom. The van der Waals surface area contributed by atoms with Crippen LogP contribution in [0.2, 0.25) is 5.02 Å². The highest BCUT2D eigenvalue weighted by Gasteiger charge is 2.37. The molecule has 4 aromatic heterocycles. The van der Waals surface area contributed by atoms with Crippen LogP contribution in [0.5, 0.6) is 6.01 Å². The molecule has 17 heteroatoms. The fraction of sp³-hybridized carbons (Fsp3) is 0.333. The molecule has 4 aromatic rings. The number of rotatable bonds is 7. The maximum absolute atomic E-state index is 13.5. The van der Waals surface area contributed by atoms with Crippen molar-refractivity contribution in [3.63, 3.8) is 0 Å². The molecular weight excluding hydrogens is 569 g/mol. The average molecular weight is 591 g/mol. The third-order valence-electron chi connectivity index (χ3n) is 6.18. The van der Waals surface area contributed by atoms with Crippen molar-refractivity contribution < 1.29 is 27.4 Å². The first kappa shape index (κ1) is 27.9. The number of carbonyl (C=O) groups is 1. The number of nitrogens with one attached hydrogen (secondary N) is 3. The molecule has 214 valence electrons. The van der Waals surface area contributed by atoms with Crippen molar-refractivity contribution in [3.05, 3.63) is 47.8 Å². The van der Waals surface area contributed by atoms with Crippen molar-refractivity contribution in [1.29, 1.82) is 0 Å². The number of aromatic amines is 1. The summed E-state index contributed by atoms with van der Waals surface area (Å²) in [4.78, 5) is 36.7. The number of ether oxygens (including phenoxy) is 2. The predicted octanol–water partition coefficient (Wildman–Crippen LogP) is 4.77. The van der Waals surface area contributed by atoms with Gasteiger partial charge < -0.3 is 14.8 Å².